The molecule has 1 aliphatic heterocycles. The van der Waals surface area contributed by atoms with Gasteiger partial charge in [0.25, 0.3) is 5.91 Å². The van der Waals surface area contributed by atoms with Crippen molar-refractivity contribution < 1.29 is 23.1 Å². The Kier molecular flexibility index (Phi) is 9.28. The summed E-state index contributed by atoms with van der Waals surface area (Å²) in [5.74, 6) is -1.44. The van der Waals surface area contributed by atoms with Gasteiger partial charge in [-0.3, -0.25) is 14.5 Å². The number of hydrogen-bond donors (Lipinski definition) is 1. The first-order chi connectivity index (χ1) is 21.3. The van der Waals surface area contributed by atoms with E-state index in [1.807, 2.05) is 56.1 Å². The largest absolute Gasteiger partial charge is 0.489 e. The second-order valence-corrected chi connectivity index (χ2v) is 17.8. The quantitative estimate of drug-likeness (QED) is 0.171. The van der Waals surface area contributed by atoms with Crippen molar-refractivity contribution in [3.05, 3.63) is 89.4 Å². The Morgan fingerprint density at radius 2 is 1.67 bits per heavy atom. The monoisotopic (exact) mass is 632 g/mol. The van der Waals surface area contributed by atoms with Gasteiger partial charge in [0.15, 0.2) is 20.0 Å². The molecule has 2 aromatic heterocycles. The molecule has 1 aliphatic rings. The highest BCUT2D eigenvalue weighted by Crippen LogP contribution is 2.41. The zero-order chi connectivity index (χ0) is 32.5. The Morgan fingerprint density at radius 1 is 0.978 bits per heavy atom. The third kappa shape index (κ3) is 6.72. The van der Waals surface area contributed by atoms with Gasteiger partial charge in [0, 0.05) is 42.2 Å². The van der Waals surface area contributed by atoms with Crippen LogP contribution in [-0.2, 0) is 13.2 Å². The van der Waals surface area contributed by atoms with E-state index in [1.54, 1.807) is 41.3 Å². The maximum Gasteiger partial charge on any atom is 0.272 e. The Morgan fingerprint density at radius 3 is 2.31 bits per heavy atom. The van der Waals surface area contributed by atoms with Crippen LogP contribution in [0.15, 0.2) is 60.9 Å². The summed E-state index contributed by atoms with van der Waals surface area (Å²) in [6.45, 7) is 13.4. The smallest absolute Gasteiger partial charge is 0.272 e. The van der Waals surface area contributed by atoms with Crippen molar-refractivity contribution in [2.75, 3.05) is 13.1 Å². The van der Waals surface area contributed by atoms with E-state index in [9.17, 15) is 18.4 Å². The summed E-state index contributed by atoms with van der Waals surface area (Å²) in [6.07, 6.45) is 5.03. The molecule has 238 valence electrons. The number of fused-ring (bicyclic) bond motifs is 1. The molecule has 10 heteroatoms. The summed E-state index contributed by atoms with van der Waals surface area (Å²) >= 11 is 0. The lowest BCUT2D eigenvalue weighted by molar-refractivity contribution is 0.0694. The first kappa shape index (κ1) is 32.5. The van der Waals surface area contributed by atoms with Gasteiger partial charge in [0.05, 0.1) is 6.54 Å². The minimum absolute atomic E-state index is 0.0787. The van der Waals surface area contributed by atoms with Gasteiger partial charge in [-0.05, 0) is 72.3 Å². The molecule has 0 saturated carbocycles. The zero-order valence-corrected chi connectivity index (χ0v) is 27.9. The van der Waals surface area contributed by atoms with Crippen LogP contribution < -0.4 is 4.74 Å². The van der Waals surface area contributed by atoms with E-state index in [-0.39, 0.29) is 29.0 Å². The molecule has 0 fully saturated rings. The predicted octanol–water partition coefficient (Wildman–Crippen LogP) is 7.81. The Balaban J connectivity index is 1.40. The molecule has 4 aromatic rings. The van der Waals surface area contributed by atoms with E-state index in [0.29, 0.717) is 42.3 Å². The summed E-state index contributed by atoms with van der Waals surface area (Å²) in [5.41, 5.74) is 4.06. The molecular formula is C35H42F2N4O3Si. The zero-order valence-electron chi connectivity index (χ0n) is 26.9. The highest BCUT2D eigenvalue weighted by Gasteiger charge is 2.38. The minimum atomic E-state index is -2.34. The normalized spacial score (nSPS) is 13.8. The van der Waals surface area contributed by atoms with Crippen molar-refractivity contribution in [1.82, 2.24) is 19.7 Å². The van der Waals surface area contributed by atoms with Crippen LogP contribution in [0.25, 0.3) is 22.4 Å². The molecule has 0 bridgehead atoms. The molecule has 0 atom stereocenters. The van der Waals surface area contributed by atoms with Crippen molar-refractivity contribution in [3.8, 4) is 28.1 Å². The Hall–Kier alpha value is -3.89. The molecule has 0 unspecified atom stereocenters. The van der Waals surface area contributed by atoms with Gasteiger partial charge >= 0.3 is 0 Å². The number of carbonyl (C=O) groups is 1. The SMILES string of the molecule is CC(C)c1ccc(COc2ccc(-c3c(-c4ccncc4)nn4c3C(=O)N(CCCC(C)(C)[Si](C)(C)O)CC4)cc2)c(F)c1F. The first-order valence-electron chi connectivity index (χ1n) is 15.5. The number of hydrogen-bond acceptors (Lipinski definition) is 5. The molecule has 0 spiro atoms. The summed E-state index contributed by atoms with van der Waals surface area (Å²) in [5, 5.41) is 4.72. The molecule has 0 aliphatic carbocycles. The van der Waals surface area contributed by atoms with E-state index in [2.05, 4.69) is 18.8 Å². The summed E-state index contributed by atoms with van der Waals surface area (Å²) in [6, 6.07) is 14.2. The van der Waals surface area contributed by atoms with E-state index < -0.39 is 20.0 Å². The first-order valence-corrected chi connectivity index (χ1v) is 18.5. The second-order valence-electron chi connectivity index (χ2n) is 13.3. The van der Waals surface area contributed by atoms with Gasteiger partial charge < -0.3 is 14.4 Å². The summed E-state index contributed by atoms with van der Waals surface area (Å²) < 4.78 is 36.8. The molecule has 3 heterocycles. The fourth-order valence-corrected chi connectivity index (χ4v) is 6.35. The third-order valence-electron chi connectivity index (χ3n) is 9.22. The van der Waals surface area contributed by atoms with E-state index in [1.165, 1.54) is 0 Å². The molecule has 45 heavy (non-hydrogen) atoms. The Labute approximate surface area is 265 Å². The molecule has 1 amide bonds. The van der Waals surface area contributed by atoms with Gasteiger partial charge in [-0.25, -0.2) is 8.78 Å². The number of amides is 1. The van der Waals surface area contributed by atoms with Crippen molar-refractivity contribution >= 4 is 14.2 Å². The average molecular weight is 633 g/mol. The van der Waals surface area contributed by atoms with Gasteiger partial charge in [0.2, 0.25) is 0 Å². The highest BCUT2D eigenvalue weighted by molar-refractivity contribution is 6.72. The van der Waals surface area contributed by atoms with Crippen molar-refractivity contribution in [1.29, 1.82) is 0 Å². The highest BCUT2D eigenvalue weighted by atomic mass is 28.4. The fraction of sp³-hybridized carbons (Fsp3) is 0.400. The predicted molar refractivity (Wildman–Crippen MR) is 175 cm³/mol. The molecule has 7 nitrogen and oxygen atoms in total. The number of nitrogens with zero attached hydrogens (tertiary/aromatic N) is 4. The van der Waals surface area contributed by atoms with Crippen LogP contribution in [0, 0.1) is 11.6 Å². The molecule has 0 saturated heterocycles. The minimum Gasteiger partial charge on any atom is -0.489 e. The fourth-order valence-electron chi connectivity index (χ4n) is 5.56. The summed E-state index contributed by atoms with van der Waals surface area (Å²) in [7, 11) is -2.34. The summed E-state index contributed by atoms with van der Waals surface area (Å²) in [4.78, 5) is 30.7. The van der Waals surface area contributed by atoms with Gasteiger partial charge in [-0.1, -0.05) is 52.0 Å². The molecule has 1 N–H and O–H groups in total. The lowest BCUT2D eigenvalue weighted by atomic mass is 9.98. The number of carbonyl (C=O) groups excluding carboxylic acids is 1. The number of rotatable bonds is 11. The lowest BCUT2D eigenvalue weighted by Gasteiger charge is -2.36. The van der Waals surface area contributed by atoms with Crippen LogP contribution in [0.4, 0.5) is 8.78 Å². The van der Waals surface area contributed by atoms with Crippen LogP contribution in [0.3, 0.4) is 0 Å². The van der Waals surface area contributed by atoms with Gasteiger partial charge in [-0.15, -0.1) is 0 Å². The molecule has 5 rings (SSSR count). The van der Waals surface area contributed by atoms with E-state index in [0.717, 1.165) is 29.5 Å². The lowest BCUT2D eigenvalue weighted by Crippen LogP contribution is -2.42. The van der Waals surface area contributed by atoms with Crippen molar-refractivity contribution in [2.45, 2.75) is 77.7 Å². The number of halogens is 2. The van der Waals surface area contributed by atoms with Crippen LogP contribution in [0.5, 0.6) is 5.75 Å². The standard InChI is InChI=1S/C35H42F2N4O3Si/c1-23(2)28-13-10-26(30(36)31(28)37)22-44-27-11-8-24(9-12-27)29-32(25-14-17-38-18-15-25)39-41-21-20-40(34(42)33(29)41)19-7-16-35(3,4)45(5,6)43/h8-15,17-18,23,43H,7,16,19-22H2,1-6H3. The third-order valence-corrected chi connectivity index (χ3v) is 12.8. The second kappa shape index (κ2) is 12.8. The average Bonchev–Trinajstić information content (AvgIpc) is 3.39. The van der Waals surface area contributed by atoms with E-state index in [4.69, 9.17) is 9.84 Å². The number of pyridine rings is 1. The molecule has 2 aromatic carbocycles. The van der Waals surface area contributed by atoms with Crippen molar-refractivity contribution in [3.63, 3.8) is 0 Å². The Bertz CT molecular complexity index is 1670. The van der Waals surface area contributed by atoms with Crippen LogP contribution in [0.1, 0.15) is 68.1 Å². The maximum absolute atomic E-state index is 14.7. The van der Waals surface area contributed by atoms with Gasteiger partial charge in [0.1, 0.15) is 23.7 Å². The van der Waals surface area contributed by atoms with Crippen molar-refractivity contribution in [2.24, 2.45) is 0 Å². The van der Waals surface area contributed by atoms with Crippen LogP contribution >= 0.6 is 0 Å². The molecule has 0 radical (unpaired) electrons. The number of ether oxygens (including phenoxy) is 1. The topological polar surface area (TPSA) is 80.5 Å². The van der Waals surface area contributed by atoms with E-state index >= 15 is 0 Å². The van der Waals surface area contributed by atoms with Crippen LogP contribution in [-0.4, -0.2) is 51.8 Å². The maximum atomic E-state index is 14.7. The number of benzene rings is 2. The van der Waals surface area contributed by atoms with Crippen LogP contribution in [0.2, 0.25) is 18.1 Å². The van der Waals surface area contributed by atoms with Gasteiger partial charge in [-0.2, -0.15) is 5.10 Å². The number of aromatic nitrogens is 3. The molecular weight excluding hydrogens is 590 g/mol.